The van der Waals surface area contributed by atoms with Gasteiger partial charge in [0.25, 0.3) is 0 Å². The molecule has 4 rings (SSSR count). The standard InChI is InChI=1S/C17H16N2/c1-2-6-12(7-3-1)16-17-14(10-11-18-16)13-8-4-5-9-15(13)19-17/h1-9,16,18-19H,10-11H2. The van der Waals surface area contributed by atoms with Gasteiger partial charge in [-0.3, -0.25) is 0 Å². The van der Waals surface area contributed by atoms with Gasteiger partial charge in [0.15, 0.2) is 0 Å². The van der Waals surface area contributed by atoms with Gasteiger partial charge in [-0.25, -0.2) is 0 Å². The molecular weight excluding hydrogens is 232 g/mol. The van der Waals surface area contributed by atoms with Crippen molar-refractivity contribution in [2.75, 3.05) is 6.54 Å². The van der Waals surface area contributed by atoms with Crippen LogP contribution in [-0.2, 0) is 6.42 Å². The monoisotopic (exact) mass is 248 g/mol. The van der Waals surface area contributed by atoms with Crippen LogP contribution in [0.25, 0.3) is 10.9 Å². The summed E-state index contributed by atoms with van der Waals surface area (Å²) in [6.45, 7) is 1.04. The number of nitrogens with one attached hydrogen (secondary N) is 2. The van der Waals surface area contributed by atoms with Crippen LogP contribution in [0.15, 0.2) is 54.6 Å². The zero-order chi connectivity index (χ0) is 12.7. The minimum Gasteiger partial charge on any atom is -0.357 e. The number of rotatable bonds is 1. The van der Waals surface area contributed by atoms with E-state index in [4.69, 9.17) is 0 Å². The predicted molar refractivity (Wildman–Crippen MR) is 78.3 cm³/mol. The van der Waals surface area contributed by atoms with E-state index in [-0.39, 0.29) is 6.04 Å². The highest BCUT2D eigenvalue weighted by Crippen LogP contribution is 2.33. The Bertz CT molecular complexity index is 712. The molecule has 0 radical (unpaired) electrons. The second-order valence-electron chi connectivity index (χ2n) is 5.11. The van der Waals surface area contributed by atoms with E-state index in [1.165, 1.54) is 27.7 Å². The minimum absolute atomic E-state index is 0.289. The van der Waals surface area contributed by atoms with Crippen LogP contribution < -0.4 is 5.32 Å². The number of hydrogen-bond donors (Lipinski definition) is 2. The normalized spacial score (nSPS) is 18.4. The first-order valence-corrected chi connectivity index (χ1v) is 6.81. The number of fused-ring (bicyclic) bond motifs is 3. The molecule has 2 heteroatoms. The van der Waals surface area contributed by atoms with E-state index in [2.05, 4.69) is 64.9 Å². The van der Waals surface area contributed by atoms with Gasteiger partial charge >= 0.3 is 0 Å². The van der Waals surface area contributed by atoms with Gasteiger partial charge in [-0.15, -0.1) is 0 Å². The van der Waals surface area contributed by atoms with Crippen molar-refractivity contribution in [2.45, 2.75) is 12.5 Å². The van der Waals surface area contributed by atoms with Crippen LogP contribution >= 0.6 is 0 Å². The molecule has 1 aromatic heterocycles. The molecule has 0 fully saturated rings. The lowest BCUT2D eigenvalue weighted by Crippen LogP contribution is -2.30. The van der Waals surface area contributed by atoms with Gasteiger partial charge in [0.05, 0.1) is 6.04 Å². The third-order valence-corrected chi connectivity index (χ3v) is 3.99. The second kappa shape index (κ2) is 4.25. The molecule has 2 nitrogen and oxygen atoms in total. The molecular formula is C17H16N2. The predicted octanol–water partition coefficient (Wildman–Crippen LogP) is 3.40. The summed E-state index contributed by atoms with van der Waals surface area (Å²) in [5.74, 6) is 0. The van der Waals surface area contributed by atoms with E-state index >= 15 is 0 Å². The number of hydrogen-bond acceptors (Lipinski definition) is 1. The van der Waals surface area contributed by atoms with Crippen molar-refractivity contribution >= 4 is 10.9 Å². The zero-order valence-electron chi connectivity index (χ0n) is 10.7. The average Bonchev–Trinajstić information content (AvgIpc) is 2.87. The fraction of sp³-hybridized carbons (Fsp3) is 0.176. The molecule has 0 bridgehead atoms. The van der Waals surface area contributed by atoms with E-state index in [0.717, 1.165) is 13.0 Å². The van der Waals surface area contributed by atoms with Gasteiger partial charge in [-0.2, -0.15) is 0 Å². The molecule has 0 amide bonds. The lowest BCUT2D eigenvalue weighted by Gasteiger charge is -2.24. The number of para-hydroxylation sites is 1. The first-order valence-electron chi connectivity index (χ1n) is 6.81. The lowest BCUT2D eigenvalue weighted by atomic mass is 9.94. The summed E-state index contributed by atoms with van der Waals surface area (Å²) in [4.78, 5) is 3.60. The lowest BCUT2D eigenvalue weighted by molar-refractivity contribution is 0.560. The van der Waals surface area contributed by atoms with Crippen LogP contribution in [0.5, 0.6) is 0 Å². The van der Waals surface area contributed by atoms with Crippen LogP contribution in [0, 0.1) is 0 Å². The van der Waals surface area contributed by atoms with Crippen molar-refractivity contribution in [2.24, 2.45) is 0 Å². The van der Waals surface area contributed by atoms with Crippen molar-refractivity contribution in [3.8, 4) is 0 Å². The molecule has 0 saturated carbocycles. The molecule has 1 aliphatic heterocycles. The summed E-state index contributed by atoms with van der Waals surface area (Å²) in [5.41, 5.74) is 5.38. The highest BCUT2D eigenvalue weighted by molar-refractivity contribution is 5.85. The van der Waals surface area contributed by atoms with Crippen molar-refractivity contribution in [1.29, 1.82) is 0 Å². The Morgan fingerprint density at radius 2 is 1.68 bits per heavy atom. The molecule has 0 saturated heterocycles. The first kappa shape index (κ1) is 10.8. The summed E-state index contributed by atoms with van der Waals surface area (Å²) in [7, 11) is 0. The highest BCUT2D eigenvalue weighted by Gasteiger charge is 2.24. The fourth-order valence-corrected chi connectivity index (χ4v) is 3.11. The van der Waals surface area contributed by atoms with Crippen molar-refractivity contribution in [1.82, 2.24) is 10.3 Å². The SMILES string of the molecule is c1ccc(C2NCCc3c2[nH]c2ccccc32)cc1. The summed E-state index contributed by atoms with van der Waals surface area (Å²) >= 11 is 0. The van der Waals surface area contributed by atoms with Gasteiger partial charge < -0.3 is 10.3 Å². The van der Waals surface area contributed by atoms with E-state index in [1.54, 1.807) is 0 Å². The van der Waals surface area contributed by atoms with Gasteiger partial charge in [0, 0.05) is 23.1 Å². The van der Waals surface area contributed by atoms with Gasteiger partial charge in [-0.05, 0) is 23.6 Å². The van der Waals surface area contributed by atoms with Crippen LogP contribution in [0.1, 0.15) is 22.9 Å². The third-order valence-electron chi connectivity index (χ3n) is 3.99. The Morgan fingerprint density at radius 1 is 0.895 bits per heavy atom. The molecule has 2 N–H and O–H groups in total. The maximum atomic E-state index is 3.62. The Morgan fingerprint density at radius 3 is 2.58 bits per heavy atom. The Kier molecular flexibility index (Phi) is 2.42. The maximum absolute atomic E-state index is 3.62. The van der Waals surface area contributed by atoms with E-state index < -0.39 is 0 Å². The molecule has 2 heterocycles. The summed E-state index contributed by atoms with van der Waals surface area (Å²) in [6, 6.07) is 19.5. The number of aromatic amines is 1. The molecule has 3 aromatic rings. The molecule has 94 valence electrons. The zero-order valence-corrected chi connectivity index (χ0v) is 10.7. The van der Waals surface area contributed by atoms with E-state index in [9.17, 15) is 0 Å². The van der Waals surface area contributed by atoms with E-state index in [1.807, 2.05) is 0 Å². The molecule has 19 heavy (non-hydrogen) atoms. The molecule has 2 aromatic carbocycles. The summed E-state index contributed by atoms with van der Waals surface area (Å²) in [5, 5.41) is 5.00. The number of H-pyrrole nitrogens is 1. The average molecular weight is 248 g/mol. The van der Waals surface area contributed by atoms with Gasteiger partial charge in [-0.1, -0.05) is 48.5 Å². The van der Waals surface area contributed by atoms with Crippen molar-refractivity contribution < 1.29 is 0 Å². The number of aromatic nitrogens is 1. The Hall–Kier alpha value is -2.06. The highest BCUT2D eigenvalue weighted by atomic mass is 15.0. The van der Waals surface area contributed by atoms with Crippen LogP contribution in [0.4, 0.5) is 0 Å². The summed E-state index contributed by atoms with van der Waals surface area (Å²) in [6.07, 6.45) is 1.10. The Labute approximate surface area is 112 Å². The topological polar surface area (TPSA) is 27.8 Å². The largest absolute Gasteiger partial charge is 0.357 e. The van der Waals surface area contributed by atoms with Crippen molar-refractivity contribution in [3.63, 3.8) is 0 Å². The van der Waals surface area contributed by atoms with Crippen molar-refractivity contribution in [3.05, 3.63) is 71.4 Å². The molecule has 1 atom stereocenters. The van der Waals surface area contributed by atoms with Gasteiger partial charge in [0.2, 0.25) is 0 Å². The quantitative estimate of drug-likeness (QED) is 0.678. The van der Waals surface area contributed by atoms with Crippen LogP contribution in [0.2, 0.25) is 0 Å². The van der Waals surface area contributed by atoms with Crippen LogP contribution in [-0.4, -0.2) is 11.5 Å². The molecule has 1 unspecified atom stereocenters. The number of benzene rings is 2. The Balaban J connectivity index is 1.91. The summed E-state index contributed by atoms with van der Waals surface area (Å²) < 4.78 is 0. The van der Waals surface area contributed by atoms with Crippen LogP contribution in [0.3, 0.4) is 0 Å². The molecule has 0 spiro atoms. The van der Waals surface area contributed by atoms with E-state index in [0.29, 0.717) is 0 Å². The first-order chi connectivity index (χ1) is 9.43. The fourth-order valence-electron chi connectivity index (χ4n) is 3.11. The maximum Gasteiger partial charge on any atom is 0.0732 e. The smallest absolute Gasteiger partial charge is 0.0732 e. The second-order valence-corrected chi connectivity index (χ2v) is 5.11. The molecule has 0 aliphatic carbocycles. The molecule has 1 aliphatic rings. The third kappa shape index (κ3) is 1.68. The minimum atomic E-state index is 0.289. The van der Waals surface area contributed by atoms with Gasteiger partial charge in [0.1, 0.15) is 0 Å².